The van der Waals surface area contributed by atoms with Gasteiger partial charge in [0.25, 0.3) is 5.91 Å². The van der Waals surface area contributed by atoms with Crippen molar-refractivity contribution >= 4 is 40.5 Å². The van der Waals surface area contributed by atoms with Crippen LogP contribution in [0.5, 0.6) is 0 Å². The van der Waals surface area contributed by atoms with Crippen molar-refractivity contribution in [2.24, 2.45) is 5.84 Å². The largest absolute Gasteiger partial charge is 0.380 e. The normalized spacial score (nSPS) is 10.3. The highest BCUT2D eigenvalue weighted by atomic mass is 35.5. The number of hydrogen-bond acceptors (Lipinski definition) is 4. The molecule has 0 atom stereocenters. The van der Waals surface area contributed by atoms with E-state index in [4.69, 9.17) is 34.5 Å². The van der Waals surface area contributed by atoms with Crippen molar-refractivity contribution in [1.82, 2.24) is 5.43 Å². The molecule has 2 rings (SSSR count). The van der Waals surface area contributed by atoms with Gasteiger partial charge in [0.1, 0.15) is 5.71 Å². The Morgan fingerprint density at radius 1 is 1.22 bits per heavy atom. The van der Waals surface area contributed by atoms with Crippen LogP contribution >= 0.6 is 23.2 Å². The number of nitrogens with two attached hydrogens (primary N) is 1. The smallest absolute Gasteiger partial charge is 0.283 e. The molecular formula is C16H16Cl2N4O. The molecule has 2 aromatic carbocycles. The standard InChI is InChI=1S/C16H16Cl2N4O/c1-9-2-5-12(15(19)16(23)22-20)14(6-9)21-8-10-3-4-11(17)7-13(10)18/h2-7,19,21H,8,20H2,1H3,(H,22,23). The highest BCUT2D eigenvalue weighted by Gasteiger charge is 2.15. The van der Waals surface area contributed by atoms with E-state index in [1.165, 1.54) is 0 Å². The minimum Gasteiger partial charge on any atom is -0.380 e. The maximum Gasteiger partial charge on any atom is 0.283 e. The molecule has 2 aromatic rings. The molecule has 0 aliphatic rings. The Balaban J connectivity index is 2.26. The number of hydrazine groups is 1. The third-order valence-electron chi connectivity index (χ3n) is 3.29. The van der Waals surface area contributed by atoms with Gasteiger partial charge in [-0.3, -0.25) is 15.6 Å². The topological polar surface area (TPSA) is 91.0 Å². The highest BCUT2D eigenvalue weighted by molar-refractivity contribution is 6.45. The van der Waals surface area contributed by atoms with Gasteiger partial charge in [0.05, 0.1) is 0 Å². The van der Waals surface area contributed by atoms with Crippen molar-refractivity contribution in [2.45, 2.75) is 13.5 Å². The fourth-order valence-electron chi connectivity index (χ4n) is 2.07. The summed E-state index contributed by atoms with van der Waals surface area (Å²) in [6.07, 6.45) is 0. The van der Waals surface area contributed by atoms with E-state index in [1.54, 1.807) is 18.2 Å². The molecule has 0 spiro atoms. The van der Waals surface area contributed by atoms with Crippen LogP contribution in [0.2, 0.25) is 10.0 Å². The first-order valence-electron chi connectivity index (χ1n) is 6.80. The van der Waals surface area contributed by atoms with Crippen LogP contribution in [-0.4, -0.2) is 11.6 Å². The van der Waals surface area contributed by atoms with Crippen molar-refractivity contribution < 1.29 is 4.79 Å². The molecule has 5 N–H and O–H groups in total. The summed E-state index contributed by atoms with van der Waals surface area (Å²) in [5.74, 6) is 4.45. The SMILES string of the molecule is Cc1ccc(C(=N)C(=O)NN)c(NCc2ccc(Cl)cc2Cl)c1. The van der Waals surface area contributed by atoms with Gasteiger partial charge >= 0.3 is 0 Å². The van der Waals surface area contributed by atoms with Crippen molar-refractivity contribution in [3.63, 3.8) is 0 Å². The number of halogens is 2. The van der Waals surface area contributed by atoms with Gasteiger partial charge in [-0.25, -0.2) is 5.84 Å². The first kappa shape index (κ1) is 17.3. The van der Waals surface area contributed by atoms with Crippen LogP contribution in [-0.2, 0) is 11.3 Å². The van der Waals surface area contributed by atoms with Gasteiger partial charge in [0.15, 0.2) is 0 Å². The molecule has 0 saturated heterocycles. The Kier molecular flexibility index (Phi) is 5.60. The fraction of sp³-hybridized carbons (Fsp3) is 0.125. The van der Waals surface area contributed by atoms with E-state index in [0.717, 1.165) is 11.1 Å². The number of hydrogen-bond donors (Lipinski definition) is 4. The van der Waals surface area contributed by atoms with Crippen LogP contribution in [0.25, 0.3) is 0 Å². The number of rotatable bonds is 5. The summed E-state index contributed by atoms with van der Waals surface area (Å²) in [7, 11) is 0. The second-order valence-electron chi connectivity index (χ2n) is 4.99. The summed E-state index contributed by atoms with van der Waals surface area (Å²) in [5, 5.41) is 12.2. The van der Waals surface area contributed by atoms with Crippen LogP contribution < -0.4 is 16.6 Å². The lowest BCUT2D eigenvalue weighted by Crippen LogP contribution is -2.36. The summed E-state index contributed by atoms with van der Waals surface area (Å²) >= 11 is 12.0. The van der Waals surface area contributed by atoms with Gasteiger partial charge in [-0.1, -0.05) is 41.4 Å². The number of aryl methyl sites for hydroxylation is 1. The molecule has 0 bridgehead atoms. The zero-order valence-electron chi connectivity index (χ0n) is 12.4. The van der Waals surface area contributed by atoms with E-state index in [1.807, 2.05) is 30.5 Å². The number of nitrogens with one attached hydrogen (secondary N) is 3. The molecule has 0 fully saturated rings. The molecule has 0 heterocycles. The molecule has 0 unspecified atom stereocenters. The maximum atomic E-state index is 11.6. The molecule has 23 heavy (non-hydrogen) atoms. The number of anilines is 1. The van der Waals surface area contributed by atoms with Gasteiger partial charge in [-0.05, 0) is 36.2 Å². The molecule has 120 valence electrons. The van der Waals surface area contributed by atoms with Crippen molar-refractivity contribution in [1.29, 1.82) is 5.41 Å². The molecule has 0 saturated carbocycles. The second kappa shape index (κ2) is 7.46. The number of carbonyl (C=O) groups is 1. The molecule has 7 heteroatoms. The summed E-state index contributed by atoms with van der Waals surface area (Å²) in [6.45, 7) is 2.36. The molecule has 0 aromatic heterocycles. The lowest BCUT2D eigenvalue weighted by Gasteiger charge is -2.14. The minimum absolute atomic E-state index is 0.211. The highest BCUT2D eigenvalue weighted by Crippen LogP contribution is 2.24. The average molecular weight is 351 g/mol. The Bertz CT molecular complexity index is 762. The molecule has 5 nitrogen and oxygen atoms in total. The van der Waals surface area contributed by atoms with Crippen LogP contribution in [0.1, 0.15) is 16.7 Å². The molecule has 0 aliphatic carbocycles. The van der Waals surface area contributed by atoms with Crippen LogP contribution in [0.3, 0.4) is 0 Å². The minimum atomic E-state index is -0.651. The molecule has 0 radical (unpaired) electrons. The van der Waals surface area contributed by atoms with Gasteiger partial charge < -0.3 is 5.32 Å². The first-order valence-corrected chi connectivity index (χ1v) is 7.56. The zero-order chi connectivity index (χ0) is 17.0. The first-order chi connectivity index (χ1) is 10.9. The van der Waals surface area contributed by atoms with E-state index in [9.17, 15) is 4.79 Å². The maximum absolute atomic E-state index is 11.6. The molecular weight excluding hydrogens is 335 g/mol. The lowest BCUT2D eigenvalue weighted by atomic mass is 10.0. The number of amides is 1. The van der Waals surface area contributed by atoms with Gasteiger partial charge in [0, 0.05) is 27.8 Å². The molecule has 1 amide bonds. The van der Waals surface area contributed by atoms with E-state index in [2.05, 4.69) is 5.32 Å². The Morgan fingerprint density at radius 2 is 1.96 bits per heavy atom. The fourth-order valence-corrected chi connectivity index (χ4v) is 2.55. The molecule has 0 aliphatic heterocycles. The van der Waals surface area contributed by atoms with Gasteiger partial charge in [-0.2, -0.15) is 0 Å². The second-order valence-corrected chi connectivity index (χ2v) is 5.83. The third-order valence-corrected chi connectivity index (χ3v) is 3.87. The summed E-state index contributed by atoms with van der Waals surface area (Å²) < 4.78 is 0. The Labute approximate surface area is 144 Å². The van der Waals surface area contributed by atoms with E-state index in [-0.39, 0.29) is 5.71 Å². The summed E-state index contributed by atoms with van der Waals surface area (Å²) in [6, 6.07) is 10.6. The van der Waals surface area contributed by atoms with Crippen LogP contribution in [0, 0.1) is 12.3 Å². The predicted molar refractivity (Wildman–Crippen MR) is 94.1 cm³/mol. The summed E-state index contributed by atoms with van der Waals surface area (Å²) in [5.41, 5.74) is 4.73. The van der Waals surface area contributed by atoms with Crippen LogP contribution in [0.4, 0.5) is 5.69 Å². The third kappa shape index (κ3) is 4.22. The van der Waals surface area contributed by atoms with Crippen molar-refractivity contribution in [2.75, 3.05) is 5.32 Å². The lowest BCUT2D eigenvalue weighted by molar-refractivity contribution is -0.114. The zero-order valence-corrected chi connectivity index (χ0v) is 13.9. The van der Waals surface area contributed by atoms with Crippen LogP contribution in [0.15, 0.2) is 36.4 Å². The van der Waals surface area contributed by atoms with Crippen molar-refractivity contribution in [3.05, 3.63) is 63.1 Å². The van der Waals surface area contributed by atoms with Gasteiger partial charge in [-0.15, -0.1) is 0 Å². The van der Waals surface area contributed by atoms with E-state index >= 15 is 0 Å². The van der Waals surface area contributed by atoms with Crippen molar-refractivity contribution in [3.8, 4) is 0 Å². The number of carbonyl (C=O) groups excluding carboxylic acids is 1. The quantitative estimate of drug-likeness (QED) is 0.288. The summed E-state index contributed by atoms with van der Waals surface area (Å²) in [4.78, 5) is 11.6. The van der Waals surface area contributed by atoms with E-state index in [0.29, 0.717) is 27.8 Å². The monoisotopic (exact) mass is 350 g/mol. The number of benzene rings is 2. The van der Waals surface area contributed by atoms with E-state index < -0.39 is 5.91 Å². The Hall–Kier alpha value is -2.08. The van der Waals surface area contributed by atoms with Gasteiger partial charge in [0.2, 0.25) is 0 Å². The average Bonchev–Trinajstić information content (AvgIpc) is 2.52. The predicted octanol–water partition coefficient (Wildman–Crippen LogP) is 3.27. The Morgan fingerprint density at radius 3 is 2.61 bits per heavy atom.